The Morgan fingerprint density at radius 1 is 1.03 bits per heavy atom. The average Bonchev–Trinajstić information content (AvgIpc) is 3.24. The van der Waals surface area contributed by atoms with E-state index in [1.807, 2.05) is 38.1 Å². The number of imide groups is 1. The zero-order valence-electron chi connectivity index (χ0n) is 16.1. The smallest absolute Gasteiger partial charge is 0.324 e. The highest BCUT2D eigenvalue weighted by Crippen LogP contribution is 2.25. The van der Waals surface area contributed by atoms with Gasteiger partial charge in [-0.25, -0.2) is 9.48 Å². The lowest BCUT2D eigenvalue weighted by molar-refractivity contribution is -0.0585. The van der Waals surface area contributed by atoms with Gasteiger partial charge < -0.3 is 4.84 Å². The Hall–Kier alpha value is -3.74. The van der Waals surface area contributed by atoms with Crippen molar-refractivity contribution in [1.29, 1.82) is 0 Å². The molecule has 146 valence electrons. The molecule has 0 aliphatic carbocycles. The maximum atomic E-state index is 12.8. The largest absolute Gasteiger partial charge is 0.367 e. The van der Waals surface area contributed by atoms with Gasteiger partial charge in [0.15, 0.2) is 0 Å². The summed E-state index contributed by atoms with van der Waals surface area (Å²) in [5.41, 5.74) is 3.22. The Morgan fingerprint density at radius 2 is 1.72 bits per heavy atom. The van der Waals surface area contributed by atoms with Crippen molar-refractivity contribution in [2.24, 2.45) is 0 Å². The van der Waals surface area contributed by atoms with Crippen molar-refractivity contribution in [1.82, 2.24) is 14.8 Å². The second-order valence-corrected chi connectivity index (χ2v) is 6.83. The maximum absolute atomic E-state index is 12.8. The summed E-state index contributed by atoms with van der Waals surface area (Å²) in [6, 6.07) is 14.1. The number of nitrogens with zero attached hydrogens (tertiary/aromatic N) is 3. The van der Waals surface area contributed by atoms with Gasteiger partial charge >= 0.3 is 5.97 Å². The van der Waals surface area contributed by atoms with Gasteiger partial charge in [-0.3, -0.25) is 9.59 Å². The van der Waals surface area contributed by atoms with Crippen LogP contribution in [0.15, 0.2) is 54.7 Å². The number of aromatic nitrogens is 2. The number of carbonyl (C=O) groups excluding carboxylic acids is 3. The highest BCUT2D eigenvalue weighted by atomic mass is 16.7. The summed E-state index contributed by atoms with van der Waals surface area (Å²) in [5, 5.41) is 4.87. The van der Waals surface area contributed by atoms with Crippen LogP contribution < -0.4 is 0 Å². The molecule has 2 aromatic carbocycles. The first-order chi connectivity index (χ1) is 14.0. The number of hydrogen-bond donors (Lipinski definition) is 0. The minimum atomic E-state index is -0.790. The van der Waals surface area contributed by atoms with E-state index < -0.39 is 17.8 Å². The third-order valence-corrected chi connectivity index (χ3v) is 4.75. The molecular weight excluding hydrogens is 370 g/mol. The van der Waals surface area contributed by atoms with E-state index in [1.165, 1.54) is 18.3 Å². The minimum absolute atomic E-state index is 0.217. The third kappa shape index (κ3) is 3.20. The van der Waals surface area contributed by atoms with Gasteiger partial charge in [-0.05, 0) is 43.2 Å². The van der Waals surface area contributed by atoms with Gasteiger partial charge in [0.1, 0.15) is 5.56 Å². The topological polar surface area (TPSA) is 81.5 Å². The first kappa shape index (κ1) is 18.6. The molecule has 0 saturated carbocycles. The van der Waals surface area contributed by atoms with E-state index in [2.05, 4.69) is 5.10 Å². The number of carbonyl (C=O) groups is 3. The lowest BCUT2D eigenvalue weighted by Crippen LogP contribution is -2.32. The molecule has 0 saturated heterocycles. The van der Waals surface area contributed by atoms with Crippen molar-refractivity contribution in [3.8, 4) is 5.69 Å². The molecule has 0 unspecified atom stereocenters. The van der Waals surface area contributed by atoms with Crippen LogP contribution in [0.4, 0.5) is 0 Å². The molecule has 0 spiro atoms. The number of hydrogen-bond acceptors (Lipinski definition) is 5. The van der Waals surface area contributed by atoms with Crippen LogP contribution in [-0.2, 0) is 11.3 Å². The van der Waals surface area contributed by atoms with Crippen LogP contribution in [0.2, 0.25) is 0 Å². The van der Waals surface area contributed by atoms with Crippen molar-refractivity contribution >= 4 is 17.8 Å². The van der Waals surface area contributed by atoms with Crippen LogP contribution in [0.1, 0.15) is 55.7 Å². The summed E-state index contributed by atoms with van der Waals surface area (Å²) >= 11 is 0. The molecule has 2 heterocycles. The fourth-order valence-corrected chi connectivity index (χ4v) is 3.39. The lowest BCUT2D eigenvalue weighted by atomic mass is 10.1. The average molecular weight is 389 g/mol. The quantitative estimate of drug-likeness (QED) is 0.624. The van der Waals surface area contributed by atoms with E-state index >= 15 is 0 Å². The van der Waals surface area contributed by atoms with Gasteiger partial charge in [0.05, 0.1) is 28.7 Å². The molecule has 1 aliphatic heterocycles. The standard InChI is InChI=1S/C22H19N3O4/c1-3-7-19-18(13-23-24(19)15-9-6-8-14(2)12-15)22(28)29-25-20(26)16-10-4-5-11-17(16)21(25)27/h4-6,8-13H,3,7H2,1-2H3. The second-order valence-electron chi connectivity index (χ2n) is 6.83. The predicted octanol–water partition coefficient (Wildman–Crippen LogP) is 3.50. The number of benzene rings is 2. The van der Waals surface area contributed by atoms with Crippen molar-refractivity contribution < 1.29 is 19.2 Å². The van der Waals surface area contributed by atoms with Crippen LogP contribution in [0.25, 0.3) is 5.69 Å². The molecule has 0 atom stereocenters. The van der Waals surface area contributed by atoms with Crippen LogP contribution in [0.5, 0.6) is 0 Å². The number of hydroxylamine groups is 2. The molecule has 4 rings (SSSR count). The first-order valence-corrected chi connectivity index (χ1v) is 9.35. The second kappa shape index (κ2) is 7.35. The number of amides is 2. The SMILES string of the molecule is CCCc1c(C(=O)ON2C(=O)c3ccccc3C2=O)cnn1-c1cccc(C)c1. The third-order valence-electron chi connectivity index (χ3n) is 4.75. The zero-order valence-corrected chi connectivity index (χ0v) is 16.1. The van der Waals surface area contributed by atoms with Crippen molar-refractivity contribution in [3.05, 3.63) is 82.7 Å². The summed E-state index contributed by atoms with van der Waals surface area (Å²) < 4.78 is 1.69. The Morgan fingerprint density at radius 3 is 2.34 bits per heavy atom. The van der Waals surface area contributed by atoms with Gasteiger partial charge in [-0.1, -0.05) is 42.7 Å². The highest BCUT2D eigenvalue weighted by molar-refractivity contribution is 6.21. The molecule has 0 N–H and O–H groups in total. The Labute approximate surface area is 167 Å². The van der Waals surface area contributed by atoms with E-state index in [9.17, 15) is 14.4 Å². The maximum Gasteiger partial charge on any atom is 0.367 e. The Balaban J connectivity index is 1.65. The number of fused-ring (bicyclic) bond motifs is 1. The van der Waals surface area contributed by atoms with Crippen molar-refractivity contribution in [3.63, 3.8) is 0 Å². The van der Waals surface area contributed by atoms with Crippen LogP contribution in [0, 0.1) is 6.92 Å². The van der Waals surface area contributed by atoms with Gasteiger partial charge in [-0.2, -0.15) is 5.10 Å². The Kier molecular flexibility index (Phi) is 4.72. The highest BCUT2D eigenvalue weighted by Gasteiger charge is 2.39. The summed E-state index contributed by atoms with van der Waals surface area (Å²) in [4.78, 5) is 42.9. The van der Waals surface area contributed by atoms with E-state index in [0.717, 1.165) is 17.7 Å². The normalized spacial score (nSPS) is 13.0. The van der Waals surface area contributed by atoms with Crippen LogP contribution in [0.3, 0.4) is 0 Å². The molecule has 1 aromatic heterocycles. The molecular formula is C22H19N3O4. The van der Waals surface area contributed by atoms with Gasteiger partial charge in [-0.15, -0.1) is 0 Å². The summed E-state index contributed by atoms with van der Waals surface area (Å²) in [6.45, 7) is 3.97. The first-order valence-electron chi connectivity index (χ1n) is 9.35. The lowest BCUT2D eigenvalue weighted by Gasteiger charge is -2.13. The molecule has 29 heavy (non-hydrogen) atoms. The molecule has 7 heteroatoms. The molecule has 0 bridgehead atoms. The number of rotatable bonds is 5. The van der Waals surface area contributed by atoms with Crippen LogP contribution in [-0.4, -0.2) is 32.6 Å². The van der Waals surface area contributed by atoms with E-state index in [-0.39, 0.29) is 16.7 Å². The molecule has 7 nitrogen and oxygen atoms in total. The molecule has 2 amide bonds. The monoisotopic (exact) mass is 389 g/mol. The molecule has 3 aromatic rings. The van der Waals surface area contributed by atoms with Crippen molar-refractivity contribution in [2.75, 3.05) is 0 Å². The van der Waals surface area contributed by atoms with Gasteiger partial charge in [0, 0.05) is 0 Å². The fraction of sp³-hybridized carbons (Fsp3) is 0.182. The predicted molar refractivity (Wildman–Crippen MR) is 105 cm³/mol. The summed E-state index contributed by atoms with van der Waals surface area (Å²) in [5.74, 6) is -2.09. The summed E-state index contributed by atoms with van der Waals surface area (Å²) in [7, 11) is 0. The minimum Gasteiger partial charge on any atom is -0.324 e. The molecule has 0 radical (unpaired) electrons. The molecule has 1 aliphatic rings. The van der Waals surface area contributed by atoms with Crippen molar-refractivity contribution in [2.45, 2.75) is 26.7 Å². The number of aryl methyl sites for hydroxylation is 1. The van der Waals surface area contributed by atoms with Gasteiger partial charge in [0.25, 0.3) is 11.8 Å². The van der Waals surface area contributed by atoms with E-state index in [0.29, 0.717) is 17.2 Å². The zero-order chi connectivity index (χ0) is 20.5. The Bertz CT molecular complexity index is 1100. The van der Waals surface area contributed by atoms with E-state index in [1.54, 1.807) is 16.8 Å². The van der Waals surface area contributed by atoms with E-state index in [4.69, 9.17) is 4.84 Å². The van der Waals surface area contributed by atoms with Gasteiger partial charge in [0.2, 0.25) is 0 Å². The summed E-state index contributed by atoms with van der Waals surface area (Å²) in [6.07, 6.45) is 2.78. The molecule has 0 fully saturated rings. The fourth-order valence-electron chi connectivity index (χ4n) is 3.39. The van der Waals surface area contributed by atoms with Crippen LogP contribution >= 0.6 is 0 Å².